The molecule has 2 atom stereocenters. The fourth-order valence-corrected chi connectivity index (χ4v) is 2.08. The summed E-state index contributed by atoms with van der Waals surface area (Å²) in [6.07, 6.45) is 4.94. The second-order valence-corrected chi connectivity index (χ2v) is 5.30. The third-order valence-electron chi connectivity index (χ3n) is 3.27. The van der Waals surface area contributed by atoms with Crippen molar-refractivity contribution in [2.24, 2.45) is 0 Å². The molecule has 2 aromatic rings. The van der Waals surface area contributed by atoms with Gasteiger partial charge in [-0.1, -0.05) is 18.2 Å². The van der Waals surface area contributed by atoms with Crippen molar-refractivity contribution in [1.29, 1.82) is 0 Å². The first-order valence-corrected chi connectivity index (χ1v) is 7.21. The molecular formula is C16H23N3O2. The summed E-state index contributed by atoms with van der Waals surface area (Å²) in [6, 6.07) is 8.06. The van der Waals surface area contributed by atoms with E-state index in [1.165, 1.54) is 0 Å². The Morgan fingerprint density at radius 1 is 1.38 bits per heavy atom. The van der Waals surface area contributed by atoms with Crippen LogP contribution in [0.5, 0.6) is 5.75 Å². The lowest BCUT2D eigenvalue weighted by Gasteiger charge is -2.18. The van der Waals surface area contributed by atoms with E-state index < -0.39 is 6.10 Å². The van der Waals surface area contributed by atoms with Gasteiger partial charge in [0.15, 0.2) is 0 Å². The van der Waals surface area contributed by atoms with Crippen LogP contribution in [0.2, 0.25) is 0 Å². The Morgan fingerprint density at radius 2 is 2.19 bits per heavy atom. The number of aliphatic hydroxyl groups excluding tert-OH is 1. The highest BCUT2D eigenvalue weighted by Crippen LogP contribution is 2.16. The molecule has 2 unspecified atom stereocenters. The Labute approximate surface area is 125 Å². The van der Waals surface area contributed by atoms with Gasteiger partial charge in [0.1, 0.15) is 18.5 Å². The number of nitrogens with zero attached hydrogens (tertiary/aromatic N) is 2. The summed E-state index contributed by atoms with van der Waals surface area (Å²) in [5.74, 6) is 0.822. The zero-order chi connectivity index (χ0) is 15.1. The fourth-order valence-electron chi connectivity index (χ4n) is 2.08. The van der Waals surface area contributed by atoms with E-state index in [1.807, 2.05) is 42.0 Å². The highest BCUT2D eigenvalue weighted by molar-refractivity contribution is 5.31. The van der Waals surface area contributed by atoms with E-state index in [-0.39, 0.29) is 12.6 Å². The quantitative estimate of drug-likeness (QED) is 0.775. The van der Waals surface area contributed by atoms with Gasteiger partial charge in [-0.2, -0.15) is 0 Å². The molecule has 0 aliphatic carbocycles. The summed E-state index contributed by atoms with van der Waals surface area (Å²) < 4.78 is 7.64. The van der Waals surface area contributed by atoms with Crippen LogP contribution in [-0.2, 0) is 6.54 Å². The smallest absolute Gasteiger partial charge is 0.122 e. The Hall–Kier alpha value is -1.85. The van der Waals surface area contributed by atoms with Crippen molar-refractivity contribution >= 4 is 0 Å². The van der Waals surface area contributed by atoms with Crippen LogP contribution in [0.4, 0.5) is 0 Å². The predicted molar refractivity (Wildman–Crippen MR) is 82.4 cm³/mol. The molecule has 2 N–H and O–H groups in total. The fraction of sp³-hybridized carbons (Fsp3) is 0.438. The van der Waals surface area contributed by atoms with Gasteiger partial charge in [0.25, 0.3) is 0 Å². The number of aliphatic hydroxyl groups is 1. The van der Waals surface area contributed by atoms with E-state index in [2.05, 4.69) is 17.2 Å². The zero-order valence-corrected chi connectivity index (χ0v) is 12.6. The maximum absolute atomic E-state index is 9.97. The Morgan fingerprint density at radius 3 is 2.90 bits per heavy atom. The SMILES string of the molecule is Cc1ccccc1OCC(O)CNC(C)Cn1ccnc1. The van der Waals surface area contributed by atoms with Gasteiger partial charge in [-0.15, -0.1) is 0 Å². The molecule has 2 rings (SSSR count). The maximum Gasteiger partial charge on any atom is 0.122 e. The zero-order valence-electron chi connectivity index (χ0n) is 12.6. The molecule has 114 valence electrons. The summed E-state index contributed by atoms with van der Waals surface area (Å²) in [5.41, 5.74) is 1.08. The first kappa shape index (κ1) is 15.5. The number of ether oxygens (including phenoxy) is 1. The molecule has 1 heterocycles. The minimum atomic E-state index is -0.533. The molecule has 0 amide bonds. The summed E-state index contributed by atoms with van der Waals surface area (Å²) in [5, 5.41) is 13.3. The van der Waals surface area contributed by atoms with E-state index >= 15 is 0 Å². The average Bonchev–Trinajstić information content (AvgIpc) is 2.97. The molecule has 5 heteroatoms. The summed E-state index contributed by atoms with van der Waals surface area (Å²) >= 11 is 0. The van der Waals surface area contributed by atoms with Crippen molar-refractivity contribution in [2.75, 3.05) is 13.2 Å². The number of para-hydroxylation sites is 1. The normalized spacial score (nSPS) is 13.9. The number of hydrogen-bond acceptors (Lipinski definition) is 4. The van der Waals surface area contributed by atoms with Crippen LogP contribution in [0.25, 0.3) is 0 Å². The van der Waals surface area contributed by atoms with Gasteiger partial charge in [0.2, 0.25) is 0 Å². The lowest BCUT2D eigenvalue weighted by atomic mass is 10.2. The molecule has 1 aromatic heterocycles. The van der Waals surface area contributed by atoms with Gasteiger partial charge in [-0.05, 0) is 25.5 Å². The second kappa shape index (κ2) is 7.81. The molecule has 0 radical (unpaired) electrons. The number of aryl methyl sites for hydroxylation is 1. The molecule has 0 saturated heterocycles. The molecule has 21 heavy (non-hydrogen) atoms. The maximum atomic E-state index is 9.97. The van der Waals surface area contributed by atoms with Crippen LogP contribution in [-0.4, -0.2) is 40.0 Å². The molecular weight excluding hydrogens is 266 g/mol. The van der Waals surface area contributed by atoms with E-state index in [9.17, 15) is 5.11 Å². The molecule has 0 fully saturated rings. The Balaban J connectivity index is 1.67. The van der Waals surface area contributed by atoms with Gasteiger partial charge in [-0.25, -0.2) is 4.98 Å². The Bertz CT molecular complexity index is 528. The van der Waals surface area contributed by atoms with E-state index in [0.29, 0.717) is 6.54 Å². The van der Waals surface area contributed by atoms with Crippen molar-refractivity contribution in [3.8, 4) is 5.75 Å². The first-order valence-electron chi connectivity index (χ1n) is 7.21. The van der Waals surface area contributed by atoms with Gasteiger partial charge in [0.05, 0.1) is 6.33 Å². The predicted octanol–water partition coefficient (Wildman–Crippen LogP) is 1.61. The highest BCUT2D eigenvalue weighted by Gasteiger charge is 2.09. The van der Waals surface area contributed by atoms with Gasteiger partial charge < -0.3 is 19.7 Å². The van der Waals surface area contributed by atoms with Crippen LogP contribution >= 0.6 is 0 Å². The number of nitrogens with one attached hydrogen (secondary N) is 1. The Kier molecular flexibility index (Phi) is 5.78. The van der Waals surface area contributed by atoms with Crippen LogP contribution in [0.15, 0.2) is 43.0 Å². The number of benzene rings is 1. The van der Waals surface area contributed by atoms with Crippen molar-refractivity contribution in [2.45, 2.75) is 32.5 Å². The third kappa shape index (κ3) is 5.21. The van der Waals surface area contributed by atoms with Gasteiger partial charge >= 0.3 is 0 Å². The molecule has 0 saturated carbocycles. The van der Waals surface area contributed by atoms with Crippen molar-refractivity contribution in [3.05, 3.63) is 48.5 Å². The summed E-state index contributed by atoms with van der Waals surface area (Å²) in [7, 11) is 0. The van der Waals surface area contributed by atoms with Gasteiger partial charge in [0, 0.05) is 31.5 Å². The van der Waals surface area contributed by atoms with Crippen molar-refractivity contribution < 1.29 is 9.84 Å². The minimum Gasteiger partial charge on any atom is -0.491 e. The summed E-state index contributed by atoms with van der Waals surface area (Å²) in [6.45, 7) is 5.69. The largest absolute Gasteiger partial charge is 0.491 e. The topological polar surface area (TPSA) is 59.3 Å². The first-order chi connectivity index (χ1) is 10.1. The van der Waals surface area contributed by atoms with Crippen molar-refractivity contribution in [3.63, 3.8) is 0 Å². The minimum absolute atomic E-state index is 0.257. The average molecular weight is 289 g/mol. The molecule has 0 bridgehead atoms. The van der Waals surface area contributed by atoms with Gasteiger partial charge in [-0.3, -0.25) is 0 Å². The van der Waals surface area contributed by atoms with E-state index in [1.54, 1.807) is 12.5 Å². The van der Waals surface area contributed by atoms with Crippen LogP contribution < -0.4 is 10.1 Å². The third-order valence-corrected chi connectivity index (χ3v) is 3.27. The molecule has 0 aliphatic heterocycles. The molecule has 5 nitrogen and oxygen atoms in total. The van der Waals surface area contributed by atoms with Crippen LogP contribution in [0.3, 0.4) is 0 Å². The van der Waals surface area contributed by atoms with Crippen LogP contribution in [0, 0.1) is 6.92 Å². The lowest BCUT2D eigenvalue weighted by molar-refractivity contribution is 0.103. The molecule has 0 spiro atoms. The summed E-state index contributed by atoms with van der Waals surface area (Å²) in [4.78, 5) is 4.01. The highest BCUT2D eigenvalue weighted by atomic mass is 16.5. The number of rotatable bonds is 8. The number of aromatic nitrogens is 2. The second-order valence-electron chi connectivity index (χ2n) is 5.30. The molecule has 0 aliphatic rings. The van der Waals surface area contributed by atoms with Crippen molar-refractivity contribution in [1.82, 2.24) is 14.9 Å². The van der Waals surface area contributed by atoms with E-state index in [0.717, 1.165) is 17.9 Å². The molecule has 1 aromatic carbocycles. The standard InChI is InChI=1S/C16H23N3O2/c1-13-5-3-4-6-16(13)21-11-15(20)9-18-14(2)10-19-8-7-17-12-19/h3-8,12,14-15,18,20H,9-11H2,1-2H3. The monoisotopic (exact) mass is 289 g/mol. The van der Waals surface area contributed by atoms with Crippen LogP contribution in [0.1, 0.15) is 12.5 Å². The lowest BCUT2D eigenvalue weighted by Crippen LogP contribution is -2.38. The van der Waals surface area contributed by atoms with E-state index in [4.69, 9.17) is 4.74 Å². The number of imidazole rings is 1. The number of hydrogen-bond donors (Lipinski definition) is 2.